The lowest BCUT2D eigenvalue weighted by Crippen LogP contribution is -2.21. The van der Waals surface area contributed by atoms with Gasteiger partial charge in [-0.05, 0) is 41.8 Å². The molecule has 1 aliphatic rings. The number of H-pyrrole nitrogens is 1. The van der Waals surface area contributed by atoms with E-state index < -0.39 is 10.0 Å². The number of nitrogens with one attached hydrogen (secondary N) is 3. The third-order valence-corrected chi connectivity index (χ3v) is 5.65. The molecule has 1 aliphatic heterocycles. The zero-order valence-corrected chi connectivity index (χ0v) is 16.9. The van der Waals surface area contributed by atoms with Crippen LogP contribution in [0.25, 0.3) is 10.9 Å². The van der Waals surface area contributed by atoms with Crippen molar-refractivity contribution in [3.8, 4) is 11.5 Å². The normalized spacial score (nSPS) is 13.2. The standard InChI is InChI=1S/C20H18N6O4S/c21-31(27,28)19-14(3-4-16-18(19)30-10-9-29-16)25-17-6-8-23-20(26-17)24-13-2-1-12-5-7-22-15(12)11-13/h1-8,11,22H,9-10H2,(H2,21,27,28)(H2,23,24,25,26). The third kappa shape index (κ3) is 3.83. The highest BCUT2D eigenvalue weighted by Crippen LogP contribution is 2.41. The van der Waals surface area contributed by atoms with E-state index >= 15 is 0 Å². The number of ether oxygens (including phenoxy) is 2. The number of hydrogen-bond acceptors (Lipinski definition) is 8. The first-order chi connectivity index (χ1) is 15.0. The van der Waals surface area contributed by atoms with E-state index in [1.165, 1.54) is 0 Å². The van der Waals surface area contributed by atoms with Crippen LogP contribution in [0.4, 0.5) is 23.1 Å². The smallest absolute Gasteiger partial charge is 0.243 e. The summed E-state index contributed by atoms with van der Waals surface area (Å²) in [5, 5.41) is 12.7. The van der Waals surface area contributed by atoms with Gasteiger partial charge in [-0.1, -0.05) is 6.07 Å². The van der Waals surface area contributed by atoms with Crippen molar-refractivity contribution < 1.29 is 17.9 Å². The topological polar surface area (TPSA) is 144 Å². The summed E-state index contributed by atoms with van der Waals surface area (Å²) in [6, 6.07) is 12.6. The van der Waals surface area contributed by atoms with Crippen LogP contribution in [-0.4, -0.2) is 36.6 Å². The molecule has 10 nitrogen and oxygen atoms in total. The number of fused-ring (bicyclic) bond motifs is 2. The highest BCUT2D eigenvalue weighted by atomic mass is 32.2. The minimum Gasteiger partial charge on any atom is -0.486 e. The number of nitrogens with two attached hydrogens (primary N) is 1. The van der Waals surface area contributed by atoms with Gasteiger partial charge >= 0.3 is 0 Å². The molecule has 0 unspecified atom stereocenters. The van der Waals surface area contributed by atoms with Crippen LogP contribution >= 0.6 is 0 Å². The summed E-state index contributed by atoms with van der Waals surface area (Å²) in [6.45, 7) is 0.560. The van der Waals surface area contributed by atoms with Gasteiger partial charge in [0, 0.05) is 23.6 Å². The van der Waals surface area contributed by atoms with Gasteiger partial charge in [0.25, 0.3) is 0 Å². The minimum atomic E-state index is -4.10. The minimum absolute atomic E-state index is 0.0883. The van der Waals surface area contributed by atoms with Gasteiger partial charge in [-0.3, -0.25) is 0 Å². The number of anilines is 4. The lowest BCUT2D eigenvalue weighted by molar-refractivity contribution is 0.167. The SMILES string of the molecule is NS(=O)(=O)c1c(Nc2ccnc(Nc3ccc4cc[nH]c4c3)n2)ccc2c1OCCO2. The van der Waals surface area contributed by atoms with E-state index in [9.17, 15) is 8.42 Å². The molecule has 2 aromatic heterocycles. The molecule has 11 heteroatoms. The number of aromatic amines is 1. The summed E-state index contributed by atoms with van der Waals surface area (Å²) in [5.41, 5.74) is 2.01. The summed E-state index contributed by atoms with van der Waals surface area (Å²) in [6.07, 6.45) is 3.42. The quantitative estimate of drug-likeness (QED) is 0.372. The van der Waals surface area contributed by atoms with Gasteiger partial charge < -0.3 is 25.1 Å². The second-order valence-corrected chi connectivity index (χ2v) is 8.30. The monoisotopic (exact) mass is 438 g/mol. The van der Waals surface area contributed by atoms with E-state index in [1.807, 2.05) is 30.5 Å². The molecular formula is C20H18N6O4S. The van der Waals surface area contributed by atoms with E-state index in [2.05, 4.69) is 25.6 Å². The summed E-state index contributed by atoms with van der Waals surface area (Å²) in [4.78, 5) is 11.6. The molecule has 2 aromatic carbocycles. The summed E-state index contributed by atoms with van der Waals surface area (Å²) in [7, 11) is -4.10. The van der Waals surface area contributed by atoms with Gasteiger partial charge in [-0.25, -0.2) is 18.5 Å². The molecule has 5 rings (SSSR count). The Morgan fingerprint density at radius 2 is 1.90 bits per heavy atom. The van der Waals surface area contributed by atoms with E-state index in [4.69, 9.17) is 14.6 Å². The number of benzene rings is 2. The molecular weight excluding hydrogens is 420 g/mol. The molecule has 0 aliphatic carbocycles. The molecule has 4 aromatic rings. The fraction of sp³-hybridized carbons (Fsp3) is 0.100. The maximum Gasteiger partial charge on any atom is 0.243 e. The number of rotatable bonds is 5. The lowest BCUT2D eigenvalue weighted by atomic mass is 10.2. The van der Waals surface area contributed by atoms with Gasteiger partial charge in [0.15, 0.2) is 16.4 Å². The Balaban J connectivity index is 1.46. The molecule has 0 saturated heterocycles. The summed E-state index contributed by atoms with van der Waals surface area (Å²) < 4.78 is 35.5. The van der Waals surface area contributed by atoms with Crippen molar-refractivity contribution in [1.29, 1.82) is 0 Å². The number of sulfonamides is 1. The number of aromatic nitrogens is 3. The first kappa shape index (κ1) is 19.2. The van der Waals surface area contributed by atoms with Crippen LogP contribution in [0.15, 0.2) is 59.8 Å². The van der Waals surface area contributed by atoms with Crippen LogP contribution in [0, 0.1) is 0 Å². The molecule has 0 spiro atoms. The highest BCUT2D eigenvalue weighted by Gasteiger charge is 2.27. The van der Waals surface area contributed by atoms with Crippen molar-refractivity contribution >= 4 is 44.1 Å². The second-order valence-electron chi connectivity index (χ2n) is 6.81. The number of primary sulfonamides is 1. The van der Waals surface area contributed by atoms with Crippen molar-refractivity contribution in [3.05, 3.63) is 54.9 Å². The van der Waals surface area contributed by atoms with E-state index in [0.717, 1.165) is 16.6 Å². The van der Waals surface area contributed by atoms with Gasteiger partial charge in [0.1, 0.15) is 19.0 Å². The Bertz CT molecular complexity index is 1390. The first-order valence-electron chi connectivity index (χ1n) is 9.37. The van der Waals surface area contributed by atoms with Crippen molar-refractivity contribution in [2.24, 2.45) is 5.14 Å². The summed E-state index contributed by atoms with van der Waals surface area (Å²) in [5.74, 6) is 1.13. The molecule has 0 atom stereocenters. The molecule has 5 N–H and O–H groups in total. The average Bonchev–Trinajstić information content (AvgIpc) is 3.21. The molecule has 0 amide bonds. The predicted octanol–water partition coefficient (Wildman–Crippen LogP) is 2.86. The zero-order valence-electron chi connectivity index (χ0n) is 16.1. The van der Waals surface area contributed by atoms with Crippen molar-refractivity contribution in [3.63, 3.8) is 0 Å². The molecule has 0 saturated carbocycles. The van der Waals surface area contributed by atoms with Gasteiger partial charge in [0.05, 0.1) is 5.69 Å². The first-order valence-corrected chi connectivity index (χ1v) is 10.9. The molecule has 0 radical (unpaired) electrons. The second kappa shape index (κ2) is 7.45. The number of hydrogen-bond donors (Lipinski definition) is 4. The maximum atomic E-state index is 12.3. The Hall–Kier alpha value is -3.83. The zero-order chi connectivity index (χ0) is 21.4. The third-order valence-electron chi connectivity index (χ3n) is 4.68. The van der Waals surface area contributed by atoms with E-state index in [-0.39, 0.29) is 22.9 Å². The Labute approximate surface area is 177 Å². The Kier molecular flexibility index (Phi) is 4.60. The van der Waals surface area contributed by atoms with Gasteiger partial charge in [-0.15, -0.1) is 0 Å². The van der Waals surface area contributed by atoms with Crippen molar-refractivity contribution in [2.75, 3.05) is 23.8 Å². The largest absolute Gasteiger partial charge is 0.486 e. The van der Waals surface area contributed by atoms with Crippen molar-refractivity contribution in [1.82, 2.24) is 15.0 Å². The van der Waals surface area contributed by atoms with E-state index in [0.29, 0.717) is 24.1 Å². The molecule has 158 valence electrons. The average molecular weight is 438 g/mol. The predicted molar refractivity (Wildman–Crippen MR) is 116 cm³/mol. The van der Waals surface area contributed by atoms with Crippen molar-refractivity contribution in [2.45, 2.75) is 4.90 Å². The Morgan fingerprint density at radius 3 is 2.77 bits per heavy atom. The maximum absolute atomic E-state index is 12.3. The molecule has 0 fully saturated rings. The molecule has 31 heavy (non-hydrogen) atoms. The van der Waals surface area contributed by atoms with Crippen LogP contribution in [0.1, 0.15) is 0 Å². The van der Waals surface area contributed by atoms with Crippen LogP contribution < -0.4 is 25.2 Å². The van der Waals surface area contributed by atoms with Crippen LogP contribution in [0.5, 0.6) is 11.5 Å². The fourth-order valence-corrected chi connectivity index (χ4v) is 4.20. The van der Waals surface area contributed by atoms with Crippen LogP contribution in [0.2, 0.25) is 0 Å². The summed E-state index contributed by atoms with van der Waals surface area (Å²) >= 11 is 0. The number of nitrogens with zero attached hydrogens (tertiary/aromatic N) is 2. The Morgan fingerprint density at radius 1 is 1.03 bits per heavy atom. The van der Waals surface area contributed by atoms with Gasteiger partial charge in [0.2, 0.25) is 16.0 Å². The molecule has 0 bridgehead atoms. The highest BCUT2D eigenvalue weighted by molar-refractivity contribution is 7.89. The van der Waals surface area contributed by atoms with Crippen LogP contribution in [-0.2, 0) is 10.0 Å². The van der Waals surface area contributed by atoms with Crippen LogP contribution in [0.3, 0.4) is 0 Å². The fourth-order valence-electron chi connectivity index (χ4n) is 3.35. The van der Waals surface area contributed by atoms with Gasteiger partial charge in [-0.2, -0.15) is 4.98 Å². The molecule has 3 heterocycles. The van der Waals surface area contributed by atoms with E-state index in [1.54, 1.807) is 24.4 Å². The lowest BCUT2D eigenvalue weighted by Gasteiger charge is -2.22.